The van der Waals surface area contributed by atoms with Gasteiger partial charge >= 0.3 is 0 Å². The molecule has 2 aliphatic rings. The molecular weight excluding hydrogens is 200 g/mol. The molecule has 2 saturated heterocycles. The Balaban J connectivity index is 0.000000980. The fourth-order valence-corrected chi connectivity index (χ4v) is 2.16. The Hall–Kier alpha value is 0.170. The van der Waals surface area contributed by atoms with Crippen LogP contribution in [0.2, 0.25) is 0 Å². The molecule has 2 heterocycles. The zero-order chi connectivity index (χ0) is 9.31. The summed E-state index contributed by atoms with van der Waals surface area (Å²) in [6, 6.07) is 0. The zero-order valence-corrected chi connectivity index (χ0v) is 9.82. The highest BCUT2D eigenvalue weighted by Gasteiger charge is 2.35. The average molecular weight is 221 g/mol. The van der Waals surface area contributed by atoms with Crippen molar-refractivity contribution in [1.82, 2.24) is 10.6 Å². The highest BCUT2D eigenvalue weighted by Crippen LogP contribution is 2.23. The van der Waals surface area contributed by atoms with Crippen LogP contribution in [0.4, 0.5) is 0 Å². The van der Waals surface area contributed by atoms with Crippen molar-refractivity contribution in [2.75, 3.05) is 19.7 Å². The number of hydrogen-bond donors (Lipinski definition) is 2. The van der Waals surface area contributed by atoms with E-state index in [1.165, 1.54) is 19.4 Å². The second-order valence-corrected chi connectivity index (χ2v) is 4.87. The number of ether oxygens (including phenoxy) is 1. The lowest BCUT2D eigenvalue weighted by atomic mass is 9.97. The van der Waals surface area contributed by atoms with Crippen molar-refractivity contribution in [2.24, 2.45) is 5.92 Å². The van der Waals surface area contributed by atoms with Gasteiger partial charge in [-0.2, -0.15) is 0 Å². The normalized spacial score (nSPS) is 36.4. The first kappa shape index (κ1) is 12.2. The number of halogens is 1. The van der Waals surface area contributed by atoms with Gasteiger partial charge in [-0.15, -0.1) is 12.4 Å². The molecule has 2 fully saturated rings. The molecule has 2 N–H and O–H groups in total. The van der Waals surface area contributed by atoms with E-state index in [1.807, 2.05) is 0 Å². The summed E-state index contributed by atoms with van der Waals surface area (Å²) >= 11 is 0. The van der Waals surface area contributed by atoms with Gasteiger partial charge in [0.05, 0.1) is 6.61 Å². The van der Waals surface area contributed by atoms with Crippen LogP contribution < -0.4 is 10.6 Å². The van der Waals surface area contributed by atoms with Crippen molar-refractivity contribution < 1.29 is 4.74 Å². The third-order valence-corrected chi connectivity index (χ3v) is 2.92. The molecule has 3 nitrogen and oxygen atoms in total. The van der Waals surface area contributed by atoms with E-state index in [1.54, 1.807) is 0 Å². The third kappa shape index (κ3) is 2.83. The lowest BCUT2D eigenvalue weighted by Crippen LogP contribution is -2.46. The topological polar surface area (TPSA) is 33.3 Å². The molecule has 2 aliphatic heterocycles. The van der Waals surface area contributed by atoms with Crippen LogP contribution in [-0.4, -0.2) is 31.5 Å². The van der Waals surface area contributed by atoms with E-state index in [0.717, 1.165) is 13.2 Å². The molecule has 2 atom stereocenters. The summed E-state index contributed by atoms with van der Waals surface area (Å²) in [6.07, 6.45) is 2.86. The summed E-state index contributed by atoms with van der Waals surface area (Å²) in [4.78, 5) is 0. The second kappa shape index (κ2) is 4.79. The van der Waals surface area contributed by atoms with Gasteiger partial charge in [-0.3, -0.25) is 5.32 Å². The minimum atomic E-state index is 0. The Morgan fingerprint density at radius 3 is 2.64 bits per heavy atom. The van der Waals surface area contributed by atoms with Crippen molar-refractivity contribution in [3.8, 4) is 0 Å². The van der Waals surface area contributed by atoms with Crippen LogP contribution in [0.15, 0.2) is 0 Å². The summed E-state index contributed by atoms with van der Waals surface area (Å²) < 4.78 is 5.76. The first-order valence-electron chi connectivity index (χ1n) is 5.27. The van der Waals surface area contributed by atoms with Crippen LogP contribution in [0.25, 0.3) is 0 Å². The number of piperidine rings is 1. The first-order chi connectivity index (χ1) is 6.17. The number of rotatable bonds is 1. The maximum atomic E-state index is 5.76. The number of hydrogen-bond acceptors (Lipinski definition) is 3. The molecule has 2 unspecified atom stereocenters. The van der Waals surface area contributed by atoms with E-state index < -0.39 is 0 Å². The predicted octanol–water partition coefficient (Wildman–Crippen LogP) is 1.13. The molecule has 0 bridgehead atoms. The Morgan fingerprint density at radius 1 is 1.36 bits per heavy atom. The van der Waals surface area contributed by atoms with Crippen molar-refractivity contribution in [1.29, 1.82) is 0 Å². The molecule has 4 heteroatoms. The summed E-state index contributed by atoms with van der Waals surface area (Å²) in [6.45, 7) is 7.51. The fraction of sp³-hybridized carbons (Fsp3) is 1.00. The van der Waals surface area contributed by atoms with Gasteiger partial charge in [0.15, 0.2) is 0 Å². The zero-order valence-electron chi connectivity index (χ0n) is 9.01. The highest BCUT2D eigenvalue weighted by molar-refractivity contribution is 5.85. The standard InChI is InChI=1S/C10H20N2O.ClH/c1-10(2)7-13-9(12-10)8-4-3-5-11-6-8;/h8-9,11-12H,3-7H2,1-2H3;1H. The van der Waals surface area contributed by atoms with E-state index in [2.05, 4.69) is 24.5 Å². The van der Waals surface area contributed by atoms with Gasteiger partial charge in [0, 0.05) is 18.0 Å². The summed E-state index contributed by atoms with van der Waals surface area (Å²) in [5.41, 5.74) is 0.169. The van der Waals surface area contributed by atoms with Crippen LogP contribution in [0.5, 0.6) is 0 Å². The maximum Gasteiger partial charge on any atom is 0.112 e. The molecule has 14 heavy (non-hydrogen) atoms. The lowest BCUT2D eigenvalue weighted by Gasteiger charge is -2.28. The van der Waals surface area contributed by atoms with Crippen molar-refractivity contribution in [3.63, 3.8) is 0 Å². The smallest absolute Gasteiger partial charge is 0.112 e. The fourth-order valence-electron chi connectivity index (χ4n) is 2.16. The summed E-state index contributed by atoms with van der Waals surface area (Å²) in [5.74, 6) is 0.663. The second-order valence-electron chi connectivity index (χ2n) is 4.87. The van der Waals surface area contributed by atoms with E-state index >= 15 is 0 Å². The molecule has 0 spiro atoms. The Bertz CT molecular complexity index is 181. The van der Waals surface area contributed by atoms with Crippen LogP contribution >= 0.6 is 12.4 Å². The molecule has 0 aliphatic carbocycles. The molecule has 0 amide bonds. The minimum absolute atomic E-state index is 0. The Labute approximate surface area is 92.4 Å². The van der Waals surface area contributed by atoms with E-state index in [9.17, 15) is 0 Å². The molecule has 0 aromatic carbocycles. The van der Waals surface area contributed by atoms with Crippen molar-refractivity contribution in [2.45, 2.75) is 38.5 Å². The summed E-state index contributed by atoms with van der Waals surface area (Å²) in [5, 5.41) is 6.96. The largest absolute Gasteiger partial charge is 0.361 e. The van der Waals surface area contributed by atoms with Crippen LogP contribution in [0, 0.1) is 5.92 Å². The van der Waals surface area contributed by atoms with Gasteiger partial charge in [-0.05, 0) is 33.2 Å². The van der Waals surface area contributed by atoms with Crippen molar-refractivity contribution in [3.05, 3.63) is 0 Å². The monoisotopic (exact) mass is 220 g/mol. The quantitative estimate of drug-likeness (QED) is 0.695. The van der Waals surface area contributed by atoms with Gasteiger partial charge in [0.2, 0.25) is 0 Å². The maximum absolute atomic E-state index is 5.76. The minimum Gasteiger partial charge on any atom is -0.361 e. The Kier molecular flexibility index (Phi) is 4.19. The highest BCUT2D eigenvalue weighted by atomic mass is 35.5. The third-order valence-electron chi connectivity index (χ3n) is 2.92. The first-order valence-corrected chi connectivity index (χ1v) is 5.27. The van der Waals surface area contributed by atoms with Gasteiger partial charge in [-0.25, -0.2) is 0 Å². The molecule has 84 valence electrons. The number of nitrogens with one attached hydrogen (secondary N) is 2. The van der Waals surface area contributed by atoms with E-state index in [0.29, 0.717) is 5.92 Å². The predicted molar refractivity (Wildman–Crippen MR) is 59.8 cm³/mol. The molecule has 0 aromatic rings. The van der Waals surface area contributed by atoms with E-state index in [-0.39, 0.29) is 24.2 Å². The van der Waals surface area contributed by atoms with Crippen LogP contribution in [-0.2, 0) is 4.74 Å². The van der Waals surface area contributed by atoms with E-state index in [4.69, 9.17) is 4.74 Å². The van der Waals surface area contributed by atoms with Gasteiger partial charge in [-0.1, -0.05) is 0 Å². The molecular formula is C10H21ClN2O. The SMILES string of the molecule is CC1(C)COC(C2CCCNC2)N1.Cl. The van der Waals surface area contributed by atoms with Crippen molar-refractivity contribution >= 4 is 12.4 Å². The molecule has 0 aromatic heterocycles. The van der Waals surface area contributed by atoms with Gasteiger partial charge < -0.3 is 10.1 Å². The van der Waals surface area contributed by atoms with Gasteiger partial charge in [0.25, 0.3) is 0 Å². The Morgan fingerprint density at radius 2 is 2.14 bits per heavy atom. The summed E-state index contributed by atoms with van der Waals surface area (Å²) in [7, 11) is 0. The van der Waals surface area contributed by atoms with Crippen LogP contribution in [0.1, 0.15) is 26.7 Å². The molecule has 0 saturated carbocycles. The molecule has 2 rings (SSSR count). The lowest BCUT2D eigenvalue weighted by molar-refractivity contribution is 0.0414. The molecule has 0 radical (unpaired) electrons. The van der Waals surface area contributed by atoms with Crippen LogP contribution in [0.3, 0.4) is 0 Å². The average Bonchev–Trinajstić information content (AvgIpc) is 2.48. The van der Waals surface area contributed by atoms with Gasteiger partial charge in [0.1, 0.15) is 6.23 Å².